The van der Waals surface area contributed by atoms with Crippen LogP contribution in [0.3, 0.4) is 0 Å². The summed E-state index contributed by atoms with van der Waals surface area (Å²) in [5, 5.41) is 4.99. The molecule has 6 nitrogen and oxygen atoms in total. The zero-order chi connectivity index (χ0) is 25.4. The Morgan fingerprint density at radius 1 is 0.730 bits per heavy atom. The van der Waals surface area contributed by atoms with Gasteiger partial charge in [-0.15, -0.1) is 0 Å². The summed E-state index contributed by atoms with van der Waals surface area (Å²) in [7, 11) is 3.32. The van der Waals surface area contributed by atoms with Crippen molar-refractivity contribution in [3.63, 3.8) is 0 Å². The smallest absolute Gasteiger partial charge is 0.214 e. The quantitative estimate of drug-likeness (QED) is 0.251. The van der Waals surface area contributed by atoms with Crippen LogP contribution in [0.2, 0.25) is 5.02 Å². The second-order valence-electron chi connectivity index (χ2n) is 8.51. The zero-order valence-electron chi connectivity index (χ0n) is 20.3. The first-order chi connectivity index (χ1) is 18.1. The molecular formula is C30H23ClN4O2. The summed E-state index contributed by atoms with van der Waals surface area (Å²) < 4.78 is 12.9. The highest BCUT2D eigenvalue weighted by molar-refractivity contribution is 6.31. The van der Waals surface area contributed by atoms with Crippen LogP contribution in [0, 0.1) is 0 Å². The Bertz CT molecular complexity index is 1710. The Hall–Kier alpha value is -4.55. The number of nitrogens with one attached hydrogen (secondary N) is 1. The fraction of sp³-hybridized carbons (Fsp3) is 0.0667. The van der Waals surface area contributed by atoms with Gasteiger partial charge in [0.15, 0.2) is 0 Å². The molecule has 0 saturated carbocycles. The number of fused-ring (bicyclic) bond motifs is 3. The second kappa shape index (κ2) is 9.48. The van der Waals surface area contributed by atoms with E-state index in [4.69, 9.17) is 31.0 Å². The van der Waals surface area contributed by atoms with E-state index < -0.39 is 0 Å². The first-order valence-electron chi connectivity index (χ1n) is 11.8. The maximum atomic E-state index is 6.43. The number of benzene rings is 4. The van der Waals surface area contributed by atoms with Crippen molar-refractivity contribution in [1.82, 2.24) is 14.4 Å². The highest BCUT2D eigenvalue weighted by Gasteiger charge is 2.22. The Labute approximate surface area is 219 Å². The monoisotopic (exact) mass is 506 g/mol. The van der Waals surface area contributed by atoms with Crippen molar-refractivity contribution in [2.75, 3.05) is 19.5 Å². The SMILES string of the molecule is COc1ccc(-c2nc3c4cc(Cl)ccc4nc(Nc4ccccc4)n3c2-c2ccc(OC)cc2)cc1. The summed E-state index contributed by atoms with van der Waals surface area (Å²) in [5.74, 6) is 2.21. The topological polar surface area (TPSA) is 60.7 Å². The molecule has 0 aliphatic rings. The molecule has 0 radical (unpaired) electrons. The molecule has 2 heterocycles. The normalized spacial score (nSPS) is 11.1. The Kier molecular flexibility index (Phi) is 5.87. The average molecular weight is 507 g/mol. The van der Waals surface area contributed by atoms with Crippen LogP contribution in [0.4, 0.5) is 11.6 Å². The number of anilines is 2. The number of nitrogens with zero attached hydrogens (tertiary/aromatic N) is 3. The Morgan fingerprint density at radius 3 is 2.03 bits per heavy atom. The van der Waals surface area contributed by atoms with Gasteiger partial charge < -0.3 is 14.8 Å². The first kappa shape index (κ1) is 22.9. The lowest BCUT2D eigenvalue weighted by Gasteiger charge is -2.14. The molecular weight excluding hydrogens is 484 g/mol. The van der Waals surface area contributed by atoms with Crippen LogP contribution in [0.5, 0.6) is 11.5 Å². The fourth-order valence-electron chi connectivity index (χ4n) is 4.46. The van der Waals surface area contributed by atoms with Gasteiger partial charge in [-0.1, -0.05) is 29.8 Å². The van der Waals surface area contributed by atoms with Crippen LogP contribution in [-0.4, -0.2) is 28.6 Å². The highest BCUT2D eigenvalue weighted by atomic mass is 35.5. The molecule has 0 aliphatic heterocycles. The van der Waals surface area contributed by atoms with Gasteiger partial charge in [-0.2, -0.15) is 0 Å². The molecule has 182 valence electrons. The van der Waals surface area contributed by atoms with E-state index in [0.29, 0.717) is 11.0 Å². The number of para-hydroxylation sites is 1. The number of aromatic nitrogens is 3. The van der Waals surface area contributed by atoms with Crippen molar-refractivity contribution >= 4 is 39.8 Å². The van der Waals surface area contributed by atoms with Crippen LogP contribution in [0.15, 0.2) is 97.1 Å². The minimum atomic E-state index is 0.625. The van der Waals surface area contributed by atoms with Gasteiger partial charge in [0, 0.05) is 27.2 Å². The van der Waals surface area contributed by atoms with Crippen molar-refractivity contribution < 1.29 is 9.47 Å². The molecule has 0 fully saturated rings. The standard InChI is InChI=1S/C30H23ClN4O2/c1-36-23-13-8-19(9-14-23)27-28(20-10-15-24(37-2)16-11-20)35-29(34-27)25-18-21(31)12-17-26(25)33-30(35)32-22-6-4-3-5-7-22/h3-18H,1-2H3,(H,32,33). The molecule has 0 bridgehead atoms. The third kappa shape index (κ3) is 4.21. The molecule has 0 saturated heterocycles. The minimum absolute atomic E-state index is 0.625. The van der Waals surface area contributed by atoms with E-state index in [1.807, 2.05) is 97.1 Å². The van der Waals surface area contributed by atoms with Crippen LogP contribution in [0.25, 0.3) is 39.1 Å². The van der Waals surface area contributed by atoms with E-state index in [1.165, 1.54) is 0 Å². The van der Waals surface area contributed by atoms with E-state index in [1.54, 1.807) is 14.2 Å². The lowest BCUT2D eigenvalue weighted by atomic mass is 10.0. The molecule has 0 unspecified atom stereocenters. The number of hydrogen-bond acceptors (Lipinski definition) is 5. The molecule has 1 N–H and O–H groups in total. The molecule has 6 rings (SSSR count). The van der Waals surface area contributed by atoms with Crippen molar-refractivity contribution in [3.05, 3.63) is 102 Å². The predicted molar refractivity (Wildman–Crippen MR) is 149 cm³/mol. The highest BCUT2D eigenvalue weighted by Crippen LogP contribution is 2.38. The number of methoxy groups -OCH3 is 2. The molecule has 7 heteroatoms. The summed E-state index contributed by atoms with van der Waals surface area (Å²) in [5.41, 5.74) is 6.11. The summed E-state index contributed by atoms with van der Waals surface area (Å²) in [6.45, 7) is 0. The maximum absolute atomic E-state index is 6.43. The summed E-state index contributed by atoms with van der Waals surface area (Å²) in [4.78, 5) is 10.2. The molecule has 0 spiro atoms. The molecule has 2 aromatic heterocycles. The van der Waals surface area contributed by atoms with E-state index in [2.05, 4.69) is 9.72 Å². The minimum Gasteiger partial charge on any atom is -0.497 e. The van der Waals surface area contributed by atoms with Crippen molar-refractivity contribution in [2.45, 2.75) is 0 Å². The number of ether oxygens (including phenoxy) is 2. The average Bonchev–Trinajstić information content (AvgIpc) is 3.35. The lowest BCUT2D eigenvalue weighted by molar-refractivity contribution is 0.414. The maximum Gasteiger partial charge on any atom is 0.214 e. The number of hydrogen-bond donors (Lipinski definition) is 1. The van der Waals surface area contributed by atoms with Crippen LogP contribution in [0.1, 0.15) is 0 Å². The van der Waals surface area contributed by atoms with Gasteiger partial charge in [0.05, 0.1) is 31.1 Å². The largest absolute Gasteiger partial charge is 0.497 e. The lowest BCUT2D eigenvalue weighted by Crippen LogP contribution is -2.04. The summed E-state index contributed by atoms with van der Waals surface area (Å²) in [6.07, 6.45) is 0. The molecule has 37 heavy (non-hydrogen) atoms. The van der Waals surface area contributed by atoms with Crippen LogP contribution < -0.4 is 14.8 Å². The van der Waals surface area contributed by atoms with Crippen molar-refractivity contribution in [2.24, 2.45) is 0 Å². The van der Waals surface area contributed by atoms with E-state index >= 15 is 0 Å². The van der Waals surface area contributed by atoms with Gasteiger partial charge in [0.2, 0.25) is 5.95 Å². The third-order valence-corrected chi connectivity index (χ3v) is 6.51. The zero-order valence-corrected chi connectivity index (χ0v) is 21.0. The molecule has 0 amide bonds. The third-order valence-electron chi connectivity index (χ3n) is 6.27. The summed E-state index contributed by atoms with van der Waals surface area (Å²) in [6, 6.07) is 31.5. The second-order valence-corrected chi connectivity index (χ2v) is 8.95. The Morgan fingerprint density at radius 2 is 1.38 bits per heavy atom. The van der Waals surface area contributed by atoms with Gasteiger partial charge in [0.25, 0.3) is 0 Å². The number of imidazole rings is 1. The van der Waals surface area contributed by atoms with Gasteiger partial charge in [-0.05, 0) is 78.9 Å². The first-order valence-corrected chi connectivity index (χ1v) is 12.1. The van der Waals surface area contributed by atoms with E-state index in [9.17, 15) is 0 Å². The van der Waals surface area contributed by atoms with Gasteiger partial charge in [-0.25, -0.2) is 9.97 Å². The fourth-order valence-corrected chi connectivity index (χ4v) is 4.63. The number of rotatable bonds is 6. The molecule has 6 aromatic rings. The Balaban J connectivity index is 1.70. The van der Waals surface area contributed by atoms with E-state index in [0.717, 1.165) is 56.3 Å². The van der Waals surface area contributed by atoms with Crippen molar-refractivity contribution in [1.29, 1.82) is 0 Å². The van der Waals surface area contributed by atoms with Crippen LogP contribution in [-0.2, 0) is 0 Å². The van der Waals surface area contributed by atoms with Gasteiger partial charge >= 0.3 is 0 Å². The van der Waals surface area contributed by atoms with Gasteiger partial charge in [0.1, 0.15) is 17.1 Å². The van der Waals surface area contributed by atoms with E-state index in [-0.39, 0.29) is 0 Å². The van der Waals surface area contributed by atoms with Gasteiger partial charge in [-0.3, -0.25) is 4.40 Å². The van der Waals surface area contributed by atoms with Crippen molar-refractivity contribution in [3.8, 4) is 34.0 Å². The molecule has 4 aromatic carbocycles. The van der Waals surface area contributed by atoms with Crippen LogP contribution >= 0.6 is 11.6 Å². The molecule has 0 atom stereocenters. The number of halogens is 1. The molecule has 0 aliphatic carbocycles. The summed E-state index contributed by atoms with van der Waals surface area (Å²) >= 11 is 6.43. The predicted octanol–water partition coefficient (Wildman–Crippen LogP) is 7.63.